The molecule has 0 saturated heterocycles. The lowest BCUT2D eigenvalue weighted by atomic mass is 10.0. The molecule has 0 spiro atoms. The topological polar surface area (TPSA) is 4.93 Å². The first-order valence-corrected chi connectivity index (χ1v) is 8.07. The van der Waals surface area contributed by atoms with Crippen molar-refractivity contribution in [1.29, 1.82) is 0 Å². The summed E-state index contributed by atoms with van der Waals surface area (Å²) in [5, 5.41) is 1.35. The summed E-state index contributed by atoms with van der Waals surface area (Å²) in [6, 6.07) is 17.8. The van der Waals surface area contributed by atoms with Crippen LogP contribution in [0.1, 0.15) is 17.0 Å². The van der Waals surface area contributed by atoms with E-state index in [0.717, 1.165) is 6.54 Å². The third-order valence-corrected chi connectivity index (χ3v) is 5.39. The molecule has 20 heavy (non-hydrogen) atoms. The zero-order valence-corrected chi connectivity index (χ0v) is 12.4. The quantitative estimate of drug-likeness (QED) is 0.650. The SMILES string of the molecule is Cc1ccc2c(ccn2CC2CSc3ccccc32)c1. The summed E-state index contributed by atoms with van der Waals surface area (Å²) in [7, 11) is 0. The van der Waals surface area contributed by atoms with E-state index in [1.165, 1.54) is 32.7 Å². The summed E-state index contributed by atoms with van der Waals surface area (Å²) in [6.45, 7) is 3.23. The highest BCUT2D eigenvalue weighted by atomic mass is 32.2. The molecular formula is C18H17NS. The van der Waals surface area contributed by atoms with Crippen molar-refractivity contribution in [1.82, 2.24) is 4.57 Å². The Labute approximate surface area is 123 Å². The maximum atomic E-state index is 2.40. The number of aromatic nitrogens is 1. The summed E-state index contributed by atoms with van der Waals surface area (Å²) in [6.07, 6.45) is 2.23. The first-order valence-electron chi connectivity index (χ1n) is 7.08. The number of hydrogen-bond donors (Lipinski definition) is 0. The minimum absolute atomic E-state index is 0.633. The fourth-order valence-corrected chi connectivity index (χ4v) is 4.34. The molecule has 1 nitrogen and oxygen atoms in total. The first kappa shape index (κ1) is 12.1. The predicted octanol–water partition coefficient (Wildman–Crippen LogP) is 4.84. The van der Waals surface area contributed by atoms with Crippen LogP contribution in [0, 0.1) is 6.92 Å². The van der Waals surface area contributed by atoms with E-state index < -0.39 is 0 Å². The summed E-state index contributed by atoms with van der Waals surface area (Å²) in [5.74, 6) is 1.83. The van der Waals surface area contributed by atoms with Crippen LogP contribution in [0.5, 0.6) is 0 Å². The Hall–Kier alpha value is -1.67. The molecule has 0 amide bonds. The van der Waals surface area contributed by atoms with Gasteiger partial charge in [-0.1, -0.05) is 29.8 Å². The second-order valence-corrected chi connectivity index (χ2v) is 6.64. The maximum absolute atomic E-state index is 2.40. The van der Waals surface area contributed by atoms with Gasteiger partial charge in [0.2, 0.25) is 0 Å². The third kappa shape index (κ3) is 1.95. The van der Waals surface area contributed by atoms with Gasteiger partial charge in [0.15, 0.2) is 0 Å². The van der Waals surface area contributed by atoms with Crippen molar-refractivity contribution in [3.05, 3.63) is 65.9 Å². The average molecular weight is 279 g/mol. The van der Waals surface area contributed by atoms with E-state index >= 15 is 0 Å². The van der Waals surface area contributed by atoms with Gasteiger partial charge in [-0.2, -0.15) is 0 Å². The molecule has 0 N–H and O–H groups in total. The molecule has 1 unspecified atom stereocenters. The molecule has 4 rings (SSSR count). The summed E-state index contributed by atoms with van der Waals surface area (Å²) in [5.41, 5.74) is 4.20. The normalized spacial score (nSPS) is 17.6. The lowest BCUT2D eigenvalue weighted by Crippen LogP contribution is -2.07. The molecular weight excluding hydrogens is 262 g/mol. The predicted molar refractivity (Wildman–Crippen MR) is 86.6 cm³/mol. The van der Waals surface area contributed by atoms with Gasteiger partial charge in [-0.25, -0.2) is 0 Å². The van der Waals surface area contributed by atoms with Crippen LogP contribution in [0.15, 0.2) is 59.6 Å². The lowest BCUT2D eigenvalue weighted by Gasteiger charge is -2.13. The average Bonchev–Trinajstić information content (AvgIpc) is 3.04. The second kappa shape index (κ2) is 4.71. The van der Waals surface area contributed by atoms with Crippen molar-refractivity contribution in [2.75, 3.05) is 5.75 Å². The number of fused-ring (bicyclic) bond motifs is 2. The summed E-state index contributed by atoms with van der Waals surface area (Å²) >= 11 is 1.99. The molecule has 3 aromatic rings. The molecule has 1 aliphatic rings. The van der Waals surface area contributed by atoms with Crippen molar-refractivity contribution in [2.24, 2.45) is 0 Å². The smallest absolute Gasteiger partial charge is 0.0480 e. The van der Waals surface area contributed by atoms with E-state index in [-0.39, 0.29) is 0 Å². The van der Waals surface area contributed by atoms with Crippen molar-refractivity contribution >= 4 is 22.7 Å². The minimum atomic E-state index is 0.633. The lowest BCUT2D eigenvalue weighted by molar-refractivity contribution is 0.623. The van der Waals surface area contributed by atoms with E-state index in [2.05, 4.69) is 66.2 Å². The van der Waals surface area contributed by atoms with Gasteiger partial charge >= 0.3 is 0 Å². The first-order chi connectivity index (χ1) is 9.81. The van der Waals surface area contributed by atoms with Gasteiger partial charge in [0.05, 0.1) is 0 Å². The third-order valence-electron chi connectivity index (χ3n) is 4.14. The van der Waals surface area contributed by atoms with Crippen molar-refractivity contribution in [2.45, 2.75) is 24.3 Å². The van der Waals surface area contributed by atoms with Crippen LogP contribution >= 0.6 is 11.8 Å². The number of aryl methyl sites for hydroxylation is 1. The standard InChI is InChI=1S/C18H17NS/c1-13-6-7-17-14(10-13)8-9-19(17)11-15-12-20-18-5-3-2-4-16(15)18/h2-10,15H,11-12H2,1H3. The van der Waals surface area contributed by atoms with E-state index in [1.54, 1.807) is 0 Å². The van der Waals surface area contributed by atoms with Gasteiger partial charge in [-0.05, 0) is 42.1 Å². The number of hydrogen-bond acceptors (Lipinski definition) is 1. The summed E-state index contributed by atoms with van der Waals surface area (Å²) in [4.78, 5) is 1.46. The van der Waals surface area contributed by atoms with Crippen LogP contribution in [0.25, 0.3) is 10.9 Å². The monoisotopic (exact) mass is 279 g/mol. The highest BCUT2D eigenvalue weighted by Gasteiger charge is 2.23. The van der Waals surface area contributed by atoms with Crippen molar-refractivity contribution in [3.63, 3.8) is 0 Å². The molecule has 0 radical (unpaired) electrons. The molecule has 2 heteroatoms. The van der Waals surface area contributed by atoms with Gasteiger partial charge in [-0.3, -0.25) is 0 Å². The van der Waals surface area contributed by atoms with Crippen molar-refractivity contribution in [3.8, 4) is 0 Å². The highest BCUT2D eigenvalue weighted by molar-refractivity contribution is 7.99. The van der Waals surface area contributed by atoms with E-state index in [1.807, 2.05) is 11.8 Å². The second-order valence-electron chi connectivity index (χ2n) is 5.58. The Morgan fingerprint density at radius 2 is 2.05 bits per heavy atom. The van der Waals surface area contributed by atoms with Gasteiger partial charge in [0, 0.05) is 34.8 Å². The van der Waals surface area contributed by atoms with Crippen LogP contribution in [-0.2, 0) is 6.54 Å². The number of thioether (sulfide) groups is 1. The van der Waals surface area contributed by atoms with Gasteiger partial charge in [0.1, 0.15) is 0 Å². The Balaban J connectivity index is 1.69. The Kier molecular flexibility index (Phi) is 2.85. The molecule has 2 heterocycles. The van der Waals surface area contributed by atoms with Crippen molar-refractivity contribution < 1.29 is 0 Å². The van der Waals surface area contributed by atoms with Crippen LogP contribution in [0.3, 0.4) is 0 Å². The largest absolute Gasteiger partial charge is 0.347 e. The van der Waals surface area contributed by atoms with E-state index in [4.69, 9.17) is 0 Å². The maximum Gasteiger partial charge on any atom is 0.0480 e. The van der Waals surface area contributed by atoms with E-state index in [0.29, 0.717) is 5.92 Å². The molecule has 1 aliphatic heterocycles. The Morgan fingerprint density at radius 3 is 3.00 bits per heavy atom. The van der Waals surface area contributed by atoms with Gasteiger partial charge in [-0.15, -0.1) is 11.8 Å². The Morgan fingerprint density at radius 1 is 1.15 bits per heavy atom. The fraction of sp³-hybridized carbons (Fsp3) is 0.222. The van der Waals surface area contributed by atoms with Crippen LogP contribution in [0.4, 0.5) is 0 Å². The molecule has 0 fully saturated rings. The van der Waals surface area contributed by atoms with E-state index in [9.17, 15) is 0 Å². The molecule has 0 saturated carbocycles. The highest BCUT2D eigenvalue weighted by Crippen LogP contribution is 2.40. The minimum Gasteiger partial charge on any atom is -0.347 e. The molecule has 1 aromatic heterocycles. The fourth-order valence-electron chi connectivity index (χ4n) is 3.10. The van der Waals surface area contributed by atoms with Crippen LogP contribution < -0.4 is 0 Å². The molecule has 0 bridgehead atoms. The zero-order valence-electron chi connectivity index (χ0n) is 11.5. The molecule has 1 atom stereocenters. The summed E-state index contributed by atoms with van der Waals surface area (Å²) < 4.78 is 2.40. The Bertz CT molecular complexity index is 772. The van der Waals surface area contributed by atoms with Gasteiger partial charge < -0.3 is 4.57 Å². The number of rotatable bonds is 2. The molecule has 100 valence electrons. The van der Waals surface area contributed by atoms with Crippen LogP contribution in [0.2, 0.25) is 0 Å². The number of benzene rings is 2. The zero-order chi connectivity index (χ0) is 13.5. The van der Waals surface area contributed by atoms with Gasteiger partial charge in [0.25, 0.3) is 0 Å². The van der Waals surface area contributed by atoms with Crippen LogP contribution in [-0.4, -0.2) is 10.3 Å². The molecule has 2 aromatic carbocycles. The molecule has 0 aliphatic carbocycles. The number of nitrogens with zero attached hydrogens (tertiary/aromatic N) is 1.